The molecule has 0 fully saturated rings. The molecule has 0 radical (unpaired) electrons. The molecule has 8 heteroatoms. The lowest BCUT2D eigenvalue weighted by molar-refractivity contribution is 0.475. The van der Waals surface area contributed by atoms with Crippen molar-refractivity contribution in [2.24, 2.45) is 12.0 Å². The molecule has 0 amide bonds. The van der Waals surface area contributed by atoms with E-state index >= 15 is 0 Å². The highest BCUT2D eigenvalue weighted by molar-refractivity contribution is 14.0. The van der Waals surface area contributed by atoms with Crippen molar-refractivity contribution >= 4 is 29.9 Å². The van der Waals surface area contributed by atoms with Gasteiger partial charge in [-0.2, -0.15) is 5.10 Å². The molecule has 6 nitrogen and oxygen atoms in total. The normalized spacial score (nSPS) is 11.0. The van der Waals surface area contributed by atoms with Gasteiger partial charge in [-0.3, -0.25) is 4.68 Å². The summed E-state index contributed by atoms with van der Waals surface area (Å²) in [6.07, 6.45) is 1.51. The first kappa shape index (κ1) is 19.3. The van der Waals surface area contributed by atoms with Crippen molar-refractivity contribution in [1.29, 1.82) is 0 Å². The van der Waals surface area contributed by atoms with E-state index in [9.17, 15) is 4.39 Å². The summed E-state index contributed by atoms with van der Waals surface area (Å²) in [7, 11) is 3.79. The van der Waals surface area contributed by atoms with E-state index in [-0.39, 0.29) is 29.8 Å². The van der Waals surface area contributed by atoms with Crippen LogP contribution in [0.1, 0.15) is 18.3 Å². The number of hydrogen-bond donors (Lipinski definition) is 1. The summed E-state index contributed by atoms with van der Waals surface area (Å²) < 4.78 is 14.7. The molecule has 23 heavy (non-hydrogen) atoms. The van der Waals surface area contributed by atoms with Crippen LogP contribution in [0.2, 0.25) is 0 Å². The average Bonchev–Trinajstić information content (AvgIpc) is 2.91. The van der Waals surface area contributed by atoms with Gasteiger partial charge in [0.25, 0.3) is 0 Å². The largest absolute Gasteiger partial charge is 0.357 e. The molecule has 1 aromatic carbocycles. The van der Waals surface area contributed by atoms with E-state index in [1.54, 1.807) is 16.8 Å². The van der Waals surface area contributed by atoms with Crippen molar-refractivity contribution in [3.05, 3.63) is 47.8 Å². The molecule has 0 bridgehead atoms. The van der Waals surface area contributed by atoms with Crippen molar-refractivity contribution in [1.82, 2.24) is 25.0 Å². The third-order valence-corrected chi connectivity index (χ3v) is 3.20. The molecule has 1 N–H and O–H groups in total. The van der Waals surface area contributed by atoms with Crippen LogP contribution < -0.4 is 5.32 Å². The Morgan fingerprint density at radius 3 is 2.61 bits per heavy atom. The Morgan fingerprint density at radius 2 is 2.04 bits per heavy atom. The summed E-state index contributed by atoms with van der Waals surface area (Å²) in [6.45, 7) is 3.88. The van der Waals surface area contributed by atoms with Gasteiger partial charge >= 0.3 is 0 Å². The second-order valence-electron chi connectivity index (χ2n) is 4.95. The van der Waals surface area contributed by atoms with Gasteiger partial charge in [0.15, 0.2) is 5.96 Å². The molecule has 0 unspecified atom stereocenters. The molecule has 0 aliphatic heterocycles. The monoisotopic (exact) mass is 432 g/mol. The molecule has 2 rings (SSSR count). The second kappa shape index (κ2) is 9.43. The van der Waals surface area contributed by atoms with Gasteiger partial charge in [-0.15, -0.1) is 24.0 Å². The molecule has 0 aliphatic rings. The van der Waals surface area contributed by atoms with Gasteiger partial charge in [0.05, 0.1) is 0 Å². The molecule has 1 aromatic heterocycles. The zero-order valence-corrected chi connectivity index (χ0v) is 15.9. The lowest BCUT2D eigenvalue weighted by atomic mass is 10.2. The fraction of sp³-hybridized carbons (Fsp3) is 0.400. The maximum atomic E-state index is 13.0. The quantitative estimate of drug-likeness (QED) is 0.447. The van der Waals surface area contributed by atoms with Gasteiger partial charge in [0, 0.05) is 27.2 Å². The third kappa shape index (κ3) is 5.77. The van der Waals surface area contributed by atoms with E-state index in [4.69, 9.17) is 0 Å². The van der Waals surface area contributed by atoms with Gasteiger partial charge in [-0.1, -0.05) is 12.1 Å². The Hall–Kier alpha value is -1.71. The summed E-state index contributed by atoms with van der Waals surface area (Å²) in [5.41, 5.74) is 1.02. The lowest BCUT2D eigenvalue weighted by Crippen LogP contribution is -2.38. The maximum absolute atomic E-state index is 13.0. The first-order valence-electron chi connectivity index (χ1n) is 7.17. The van der Waals surface area contributed by atoms with Gasteiger partial charge in [-0.25, -0.2) is 14.4 Å². The minimum absolute atomic E-state index is 0. The molecule has 0 saturated carbocycles. The summed E-state index contributed by atoms with van der Waals surface area (Å²) in [5.74, 6) is 1.34. The molecular weight excluding hydrogens is 410 g/mol. The van der Waals surface area contributed by atoms with Crippen molar-refractivity contribution in [3.8, 4) is 0 Å². The molecule has 0 atom stereocenters. The Bertz CT molecular complexity index is 625. The van der Waals surface area contributed by atoms with Crippen LogP contribution >= 0.6 is 24.0 Å². The van der Waals surface area contributed by atoms with Gasteiger partial charge in [0.1, 0.15) is 24.5 Å². The van der Waals surface area contributed by atoms with Crippen LogP contribution in [0.5, 0.6) is 0 Å². The van der Waals surface area contributed by atoms with Crippen LogP contribution in [0.3, 0.4) is 0 Å². The van der Waals surface area contributed by atoms with Crippen molar-refractivity contribution in [2.45, 2.75) is 20.0 Å². The minimum atomic E-state index is -0.228. The van der Waals surface area contributed by atoms with E-state index < -0.39 is 0 Å². The Morgan fingerprint density at radius 1 is 1.35 bits per heavy atom. The molecular formula is C15H22FIN6. The number of nitrogens with zero attached hydrogens (tertiary/aromatic N) is 5. The van der Waals surface area contributed by atoms with Crippen molar-refractivity contribution in [3.63, 3.8) is 0 Å². The minimum Gasteiger partial charge on any atom is -0.357 e. The highest BCUT2D eigenvalue weighted by Gasteiger charge is 2.08. The smallest absolute Gasteiger partial charge is 0.194 e. The predicted molar refractivity (Wildman–Crippen MR) is 99.1 cm³/mol. The topological polar surface area (TPSA) is 58.3 Å². The Labute approximate surface area is 152 Å². The molecule has 0 spiro atoms. The number of aromatic nitrogens is 3. The van der Waals surface area contributed by atoms with E-state index in [2.05, 4.69) is 20.4 Å². The molecule has 0 aliphatic carbocycles. The van der Waals surface area contributed by atoms with Crippen molar-refractivity contribution in [2.75, 3.05) is 13.6 Å². The number of benzene rings is 1. The van der Waals surface area contributed by atoms with E-state index in [0.717, 1.165) is 23.9 Å². The number of aliphatic imine (C=N–C) groups is 1. The standard InChI is InChI=1S/C15H21FN6.HI/c1-4-17-15(18-9-14-19-11-20-22(14)3)21(2)10-12-5-7-13(16)8-6-12;/h5-8,11H,4,9-10H2,1-3H3,(H,17,18);1H. The third-order valence-electron chi connectivity index (χ3n) is 3.20. The zero-order valence-electron chi connectivity index (χ0n) is 13.5. The number of aryl methyl sites for hydroxylation is 1. The number of hydrogen-bond acceptors (Lipinski definition) is 3. The van der Waals surface area contributed by atoms with Crippen LogP contribution in [0, 0.1) is 5.82 Å². The predicted octanol–water partition coefficient (Wildman–Crippen LogP) is 2.17. The summed E-state index contributed by atoms with van der Waals surface area (Å²) >= 11 is 0. The lowest BCUT2D eigenvalue weighted by Gasteiger charge is -2.22. The van der Waals surface area contributed by atoms with E-state index in [1.165, 1.54) is 18.5 Å². The Kier molecular flexibility index (Phi) is 7.93. The number of rotatable bonds is 5. The molecule has 126 valence electrons. The van der Waals surface area contributed by atoms with E-state index in [1.807, 2.05) is 25.9 Å². The first-order valence-corrected chi connectivity index (χ1v) is 7.17. The molecule has 0 saturated heterocycles. The number of guanidine groups is 1. The fourth-order valence-corrected chi connectivity index (χ4v) is 2.02. The molecule has 2 aromatic rings. The van der Waals surface area contributed by atoms with E-state index in [0.29, 0.717) is 13.1 Å². The average molecular weight is 432 g/mol. The van der Waals surface area contributed by atoms with Gasteiger partial charge < -0.3 is 10.2 Å². The van der Waals surface area contributed by atoms with Crippen molar-refractivity contribution < 1.29 is 4.39 Å². The van der Waals surface area contributed by atoms with Crippen LogP contribution in [-0.4, -0.2) is 39.2 Å². The first-order chi connectivity index (χ1) is 10.6. The Balaban J connectivity index is 0.00000264. The number of halogens is 2. The number of nitrogens with one attached hydrogen (secondary N) is 1. The summed E-state index contributed by atoms with van der Waals surface area (Å²) in [5, 5.41) is 7.27. The summed E-state index contributed by atoms with van der Waals surface area (Å²) in [4.78, 5) is 10.7. The second-order valence-corrected chi connectivity index (χ2v) is 4.95. The van der Waals surface area contributed by atoms with Crippen LogP contribution in [0.25, 0.3) is 0 Å². The van der Waals surface area contributed by atoms with Crippen LogP contribution in [0.4, 0.5) is 4.39 Å². The maximum Gasteiger partial charge on any atom is 0.194 e. The SMILES string of the molecule is CCNC(=NCc1ncnn1C)N(C)Cc1ccc(F)cc1.I. The van der Waals surface area contributed by atoms with Crippen LogP contribution in [0.15, 0.2) is 35.6 Å². The van der Waals surface area contributed by atoms with Crippen LogP contribution in [-0.2, 0) is 20.1 Å². The fourth-order valence-electron chi connectivity index (χ4n) is 2.02. The highest BCUT2D eigenvalue weighted by Crippen LogP contribution is 2.06. The van der Waals surface area contributed by atoms with Gasteiger partial charge in [-0.05, 0) is 24.6 Å². The zero-order chi connectivity index (χ0) is 15.9. The highest BCUT2D eigenvalue weighted by atomic mass is 127. The summed E-state index contributed by atoms with van der Waals surface area (Å²) in [6, 6.07) is 6.48. The van der Waals surface area contributed by atoms with Gasteiger partial charge in [0.2, 0.25) is 0 Å². The molecule has 1 heterocycles.